The molecule has 6 nitrogen and oxygen atoms in total. The van der Waals surface area contributed by atoms with Gasteiger partial charge in [0.05, 0.1) is 18.2 Å². The van der Waals surface area contributed by atoms with E-state index in [1.807, 2.05) is 42.5 Å². The summed E-state index contributed by atoms with van der Waals surface area (Å²) in [6, 6.07) is 12.9. The molecule has 2 aromatic carbocycles. The van der Waals surface area contributed by atoms with Gasteiger partial charge in [-0.25, -0.2) is 4.68 Å². The molecule has 0 spiro atoms. The van der Waals surface area contributed by atoms with Gasteiger partial charge in [-0.1, -0.05) is 18.2 Å². The van der Waals surface area contributed by atoms with Gasteiger partial charge in [0.1, 0.15) is 5.75 Å². The van der Waals surface area contributed by atoms with Crippen LogP contribution in [0.3, 0.4) is 0 Å². The summed E-state index contributed by atoms with van der Waals surface area (Å²) in [6.07, 6.45) is 2.40. The first-order chi connectivity index (χ1) is 11.8. The van der Waals surface area contributed by atoms with E-state index in [9.17, 15) is 4.79 Å². The molecule has 0 amide bonds. The van der Waals surface area contributed by atoms with Gasteiger partial charge in [0.2, 0.25) is 6.79 Å². The van der Waals surface area contributed by atoms with Crippen LogP contribution in [0.4, 0.5) is 0 Å². The maximum absolute atomic E-state index is 12.3. The number of fused-ring (bicyclic) bond motifs is 2. The van der Waals surface area contributed by atoms with Crippen molar-refractivity contribution in [3.05, 3.63) is 59.0 Å². The van der Waals surface area contributed by atoms with E-state index in [4.69, 9.17) is 14.2 Å². The van der Waals surface area contributed by atoms with Gasteiger partial charge < -0.3 is 14.2 Å². The lowest BCUT2D eigenvalue weighted by molar-refractivity contribution is 0.173. The number of benzene rings is 2. The van der Waals surface area contributed by atoms with E-state index in [1.54, 1.807) is 6.20 Å². The third-order valence-electron chi connectivity index (χ3n) is 3.89. The van der Waals surface area contributed by atoms with Gasteiger partial charge in [-0.3, -0.25) is 4.79 Å². The summed E-state index contributed by atoms with van der Waals surface area (Å²) in [5.74, 6) is 2.15. The second-order valence-corrected chi connectivity index (χ2v) is 5.48. The zero-order chi connectivity index (χ0) is 16.4. The van der Waals surface area contributed by atoms with Gasteiger partial charge in [-0.05, 0) is 18.2 Å². The molecule has 0 aliphatic carbocycles. The zero-order valence-corrected chi connectivity index (χ0v) is 13.0. The summed E-state index contributed by atoms with van der Waals surface area (Å²) in [4.78, 5) is 12.3. The summed E-state index contributed by atoms with van der Waals surface area (Å²) in [7, 11) is 0. The summed E-state index contributed by atoms with van der Waals surface area (Å²) >= 11 is 0. The molecule has 0 saturated carbocycles. The van der Waals surface area contributed by atoms with Crippen LogP contribution in [0, 0.1) is 0 Å². The minimum Gasteiger partial charge on any atom is -0.493 e. The Labute approximate surface area is 138 Å². The number of ether oxygens (including phenoxy) is 3. The Kier molecular flexibility index (Phi) is 3.78. The van der Waals surface area contributed by atoms with Crippen molar-refractivity contribution in [2.24, 2.45) is 0 Å². The second-order valence-electron chi connectivity index (χ2n) is 5.48. The number of aromatic nitrogens is 2. The molecule has 1 aromatic heterocycles. The highest BCUT2D eigenvalue weighted by molar-refractivity contribution is 5.80. The molecule has 24 heavy (non-hydrogen) atoms. The van der Waals surface area contributed by atoms with Crippen molar-refractivity contribution in [3.8, 4) is 17.2 Å². The average Bonchev–Trinajstić information content (AvgIpc) is 3.08. The molecular weight excluding hydrogens is 308 g/mol. The fourth-order valence-electron chi connectivity index (χ4n) is 2.66. The van der Waals surface area contributed by atoms with Crippen LogP contribution in [0.5, 0.6) is 17.2 Å². The highest BCUT2D eigenvalue weighted by atomic mass is 16.7. The van der Waals surface area contributed by atoms with E-state index >= 15 is 0 Å². The average molecular weight is 324 g/mol. The SMILES string of the molecule is O=c1c2ccccc2cnn1CCCOc1ccc2c(c1)OCO2. The van der Waals surface area contributed by atoms with E-state index in [0.29, 0.717) is 30.7 Å². The van der Waals surface area contributed by atoms with E-state index in [1.165, 1.54) is 4.68 Å². The van der Waals surface area contributed by atoms with Crippen molar-refractivity contribution >= 4 is 10.8 Å². The van der Waals surface area contributed by atoms with Crippen molar-refractivity contribution in [1.29, 1.82) is 0 Å². The molecule has 122 valence electrons. The first-order valence-corrected chi connectivity index (χ1v) is 7.78. The smallest absolute Gasteiger partial charge is 0.274 e. The highest BCUT2D eigenvalue weighted by Gasteiger charge is 2.13. The highest BCUT2D eigenvalue weighted by Crippen LogP contribution is 2.35. The molecule has 6 heteroatoms. The van der Waals surface area contributed by atoms with Crippen molar-refractivity contribution < 1.29 is 14.2 Å². The van der Waals surface area contributed by atoms with Crippen LogP contribution < -0.4 is 19.8 Å². The molecule has 0 unspecified atom stereocenters. The minimum absolute atomic E-state index is 0.0730. The molecule has 1 aliphatic rings. The van der Waals surface area contributed by atoms with Crippen molar-refractivity contribution in [2.45, 2.75) is 13.0 Å². The van der Waals surface area contributed by atoms with Crippen LogP contribution in [0.25, 0.3) is 10.8 Å². The van der Waals surface area contributed by atoms with Gasteiger partial charge >= 0.3 is 0 Å². The van der Waals surface area contributed by atoms with E-state index in [-0.39, 0.29) is 12.4 Å². The molecular formula is C18H16N2O4. The molecule has 2 heterocycles. The van der Waals surface area contributed by atoms with Crippen LogP contribution >= 0.6 is 0 Å². The fourth-order valence-corrected chi connectivity index (χ4v) is 2.66. The third kappa shape index (κ3) is 2.78. The van der Waals surface area contributed by atoms with Crippen molar-refractivity contribution in [1.82, 2.24) is 9.78 Å². The summed E-state index contributed by atoms with van der Waals surface area (Å²) in [5, 5.41) is 5.75. The molecule has 0 bridgehead atoms. The van der Waals surface area contributed by atoms with Gasteiger partial charge in [0, 0.05) is 24.4 Å². The molecule has 0 saturated heterocycles. The molecule has 3 aromatic rings. The Bertz CT molecular complexity index is 936. The predicted molar refractivity (Wildman–Crippen MR) is 88.7 cm³/mol. The largest absolute Gasteiger partial charge is 0.493 e. The van der Waals surface area contributed by atoms with Crippen LogP contribution in [-0.2, 0) is 6.54 Å². The van der Waals surface area contributed by atoms with Crippen LogP contribution in [-0.4, -0.2) is 23.2 Å². The monoisotopic (exact) mass is 324 g/mol. The van der Waals surface area contributed by atoms with Crippen molar-refractivity contribution in [3.63, 3.8) is 0 Å². The maximum Gasteiger partial charge on any atom is 0.274 e. The normalized spacial score (nSPS) is 12.5. The van der Waals surface area contributed by atoms with Gasteiger partial charge in [0.15, 0.2) is 11.5 Å². The van der Waals surface area contributed by atoms with Crippen LogP contribution in [0.1, 0.15) is 6.42 Å². The fraction of sp³-hybridized carbons (Fsp3) is 0.222. The Morgan fingerprint density at radius 2 is 2.00 bits per heavy atom. The van der Waals surface area contributed by atoms with E-state index < -0.39 is 0 Å². The lowest BCUT2D eigenvalue weighted by Gasteiger charge is -2.08. The number of hydrogen-bond acceptors (Lipinski definition) is 5. The van der Waals surface area contributed by atoms with Crippen LogP contribution in [0.15, 0.2) is 53.5 Å². The standard InChI is InChI=1S/C18H16N2O4/c21-18-15-5-2-1-4-13(15)11-19-20(18)8-3-9-22-14-6-7-16-17(10-14)24-12-23-16/h1-2,4-7,10-11H,3,8-9,12H2. The summed E-state index contributed by atoms with van der Waals surface area (Å²) in [6.45, 7) is 1.24. The minimum atomic E-state index is -0.0730. The van der Waals surface area contributed by atoms with Crippen LogP contribution in [0.2, 0.25) is 0 Å². The van der Waals surface area contributed by atoms with Crippen molar-refractivity contribution in [2.75, 3.05) is 13.4 Å². The number of hydrogen-bond donors (Lipinski definition) is 0. The van der Waals surface area contributed by atoms with Gasteiger partial charge in [-0.2, -0.15) is 5.10 Å². The van der Waals surface area contributed by atoms with E-state index in [2.05, 4.69) is 5.10 Å². The molecule has 0 radical (unpaired) electrons. The Hall–Kier alpha value is -3.02. The lowest BCUT2D eigenvalue weighted by atomic mass is 10.2. The Morgan fingerprint density at radius 1 is 1.12 bits per heavy atom. The molecule has 4 rings (SSSR count). The molecule has 0 fully saturated rings. The predicted octanol–water partition coefficient (Wildman–Crippen LogP) is 2.59. The summed E-state index contributed by atoms with van der Waals surface area (Å²) < 4.78 is 17.8. The number of aryl methyl sites for hydroxylation is 1. The lowest BCUT2D eigenvalue weighted by Crippen LogP contribution is -2.23. The molecule has 0 atom stereocenters. The second kappa shape index (κ2) is 6.23. The maximum atomic E-state index is 12.3. The first-order valence-electron chi connectivity index (χ1n) is 7.78. The Balaban J connectivity index is 1.38. The van der Waals surface area contributed by atoms with Gasteiger partial charge in [-0.15, -0.1) is 0 Å². The Morgan fingerprint density at radius 3 is 2.96 bits per heavy atom. The number of nitrogens with zero attached hydrogens (tertiary/aromatic N) is 2. The first kappa shape index (κ1) is 14.6. The summed E-state index contributed by atoms with van der Waals surface area (Å²) in [5.41, 5.74) is -0.0730. The topological polar surface area (TPSA) is 62.6 Å². The third-order valence-corrected chi connectivity index (χ3v) is 3.89. The quantitative estimate of drug-likeness (QED) is 0.675. The molecule has 0 N–H and O–H groups in total. The zero-order valence-electron chi connectivity index (χ0n) is 13.0. The number of rotatable bonds is 5. The van der Waals surface area contributed by atoms with Gasteiger partial charge in [0.25, 0.3) is 5.56 Å². The van der Waals surface area contributed by atoms with E-state index in [0.717, 1.165) is 16.9 Å². The molecule has 1 aliphatic heterocycles.